The number of aromatic nitrogens is 1. The summed E-state index contributed by atoms with van der Waals surface area (Å²) in [7, 11) is 0. The highest BCUT2D eigenvalue weighted by atomic mass is 35.5. The largest absolute Gasteiger partial charge is 0.378 e. The van der Waals surface area contributed by atoms with Crippen molar-refractivity contribution < 1.29 is 4.74 Å². The van der Waals surface area contributed by atoms with Crippen molar-refractivity contribution in [2.45, 2.75) is 12.8 Å². The Balaban J connectivity index is 1.83. The molecule has 0 saturated carbocycles. The van der Waals surface area contributed by atoms with Gasteiger partial charge in [-0.1, -0.05) is 11.6 Å². The lowest BCUT2D eigenvalue weighted by molar-refractivity contribution is 0.123. The third kappa shape index (κ3) is 2.61. The van der Waals surface area contributed by atoms with Crippen LogP contribution in [-0.4, -0.2) is 44.4 Å². The number of halogens is 1. The molecule has 116 valence electrons. The van der Waals surface area contributed by atoms with Crippen LogP contribution in [0.25, 0.3) is 10.9 Å². The number of benzene rings is 1. The summed E-state index contributed by atoms with van der Waals surface area (Å²) in [6.07, 6.45) is 2.51. The molecule has 3 heterocycles. The quantitative estimate of drug-likeness (QED) is 0.849. The first-order valence-electron chi connectivity index (χ1n) is 7.99. The van der Waals surface area contributed by atoms with Crippen molar-refractivity contribution in [3.63, 3.8) is 0 Å². The molecule has 2 aromatic rings. The molecule has 0 N–H and O–H groups in total. The summed E-state index contributed by atoms with van der Waals surface area (Å²) in [6, 6.07) is 8.21. The summed E-state index contributed by atoms with van der Waals surface area (Å²) in [6.45, 7) is 5.62. The predicted octanol–water partition coefficient (Wildman–Crippen LogP) is 3.33. The van der Waals surface area contributed by atoms with Crippen molar-refractivity contribution in [3.05, 3.63) is 29.3 Å². The molecule has 0 unspecified atom stereocenters. The van der Waals surface area contributed by atoms with Crippen molar-refractivity contribution in [1.29, 1.82) is 0 Å². The van der Waals surface area contributed by atoms with E-state index < -0.39 is 0 Å². The molecule has 0 radical (unpaired) electrons. The number of pyridine rings is 1. The van der Waals surface area contributed by atoms with Gasteiger partial charge < -0.3 is 14.5 Å². The number of anilines is 2. The SMILES string of the molecule is Clc1ccc2nc(N3CCCC3)cc(N3CCOCC3)c2c1. The second-order valence-corrected chi connectivity index (χ2v) is 6.39. The molecule has 4 nitrogen and oxygen atoms in total. The Bertz CT molecular complexity index is 679. The van der Waals surface area contributed by atoms with E-state index in [9.17, 15) is 0 Å². The van der Waals surface area contributed by atoms with Crippen LogP contribution in [0.1, 0.15) is 12.8 Å². The average molecular weight is 318 g/mol. The van der Waals surface area contributed by atoms with E-state index in [0.717, 1.165) is 61.1 Å². The van der Waals surface area contributed by atoms with E-state index in [-0.39, 0.29) is 0 Å². The van der Waals surface area contributed by atoms with Crippen molar-refractivity contribution in [1.82, 2.24) is 4.98 Å². The Morgan fingerprint density at radius 2 is 1.73 bits per heavy atom. The van der Waals surface area contributed by atoms with Crippen molar-refractivity contribution in [3.8, 4) is 0 Å². The molecule has 2 saturated heterocycles. The summed E-state index contributed by atoms with van der Waals surface area (Å²) in [5.41, 5.74) is 2.26. The lowest BCUT2D eigenvalue weighted by Crippen LogP contribution is -2.36. The zero-order valence-electron chi connectivity index (χ0n) is 12.6. The molecule has 22 heavy (non-hydrogen) atoms. The first kappa shape index (κ1) is 14.1. The Hall–Kier alpha value is -1.52. The molecular weight excluding hydrogens is 298 g/mol. The van der Waals surface area contributed by atoms with Crippen LogP contribution in [0, 0.1) is 0 Å². The maximum Gasteiger partial charge on any atom is 0.131 e. The average Bonchev–Trinajstić information content (AvgIpc) is 3.09. The maximum atomic E-state index is 6.22. The lowest BCUT2D eigenvalue weighted by atomic mass is 10.1. The number of rotatable bonds is 2. The third-order valence-electron chi connectivity index (χ3n) is 4.52. The number of fused-ring (bicyclic) bond motifs is 1. The van der Waals surface area contributed by atoms with Crippen LogP contribution in [0.15, 0.2) is 24.3 Å². The van der Waals surface area contributed by atoms with Gasteiger partial charge in [0, 0.05) is 42.7 Å². The molecule has 2 aliphatic rings. The van der Waals surface area contributed by atoms with E-state index in [4.69, 9.17) is 21.3 Å². The minimum absolute atomic E-state index is 0.762. The van der Waals surface area contributed by atoms with Crippen LogP contribution < -0.4 is 9.80 Å². The third-order valence-corrected chi connectivity index (χ3v) is 4.75. The zero-order valence-corrected chi connectivity index (χ0v) is 13.4. The van der Waals surface area contributed by atoms with E-state index in [1.807, 2.05) is 18.2 Å². The Morgan fingerprint density at radius 3 is 2.50 bits per heavy atom. The van der Waals surface area contributed by atoms with Gasteiger partial charge in [-0.15, -0.1) is 0 Å². The number of ether oxygens (including phenoxy) is 1. The molecule has 0 amide bonds. The van der Waals surface area contributed by atoms with Gasteiger partial charge in [-0.05, 0) is 31.0 Å². The second kappa shape index (κ2) is 5.94. The highest BCUT2D eigenvalue weighted by molar-refractivity contribution is 6.31. The van der Waals surface area contributed by atoms with E-state index in [1.54, 1.807) is 0 Å². The molecule has 4 rings (SSSR count). The van der Waals surface area contributed by atoms with Crippen LogP contribution in [0.3, 0.4) is 0 Å². The summed E-state index contributed by atoms with van der Waals surface area (Å²) in [5.74, 6) is 1.09. The normalized spacial score (nSPS) is 19.1. The zero-order chi connectivity index (χ0) is 14.9. The molecule has 0 spiro atoms. The van der Waals surface area contributed by atoms with E-state index in [2.05, 4.69) is 15.9 Å². The molecule has 0 atom stereocenters. The fraction of sp³-hybridized carbons (Fsp3) is 0.471. The molecule has 0 aliphatic carbocycles. The first-order chi connectivity index (χ1) is 10.8. The van der Waals surface area contributed by atoms with E-state index in [0.29, 0.717) is 0 Å². The Labute approximate surface area is 135 Å². The summed E-state index contributed by atoms with van der Waals surface area (Å²) < 4.78 is 5.49. The monoisotopic (exact) mass is 317 g/mol. The van der Waals surface area contributed by atoms with Crippen LogP contribution in [0.2, 0.25) is 5.02 Å². The molecule has 5 heteroatoms. The highest BCUT2D eigenvalue weighted by Crippen LogP contribution is 2.33. The molecule has 2 aliphatic heterocycles. The van der Waals surface area contributed by atoms with Crippen LogP contribution in [0.4, 0.5) is 11.5 Å². The molecule has 1 aromatic carbocycles. The van der Waals surface area contributed by atoms with Crippen LogP contribution >= 0.6 is 11.6 Å². The lowest BCUT2D eigenvalue weighted by Gasteiger charge is -2.31. The Kier molecular flexibility index (Phi) is 3.80. The van der Waals surface area contributed by atoms with Crippen LogP contribution in [0.5, 0.6) is 0 Å². The fourth-order valence-electron chi connectivity index (χ4n) is 3.34. The van der Waals surface area contributed by atoms with Crippen molar-refractivity contribution in [2.24, 2.45) is 0 Å². The molecular formula is C17H20ClN3O. The van der Waals surface area contributed by atoms with Crippen molar-refractivity contribution >= 4 is 34.0 Å². The number of hydrogen-bond acceptors (Lipinski definition) is 4. The maximum absolute atomic E-state index is 6.22. The van der Waals surface area contributed by atoms with Gasteiger partial charge in [0.2, 0.25) is 0 Å². The second-order valence-electron chi connectivity index (χ2n) is 5.95. The van der Waals surface area contributed by atoms with Gasteiger partial charge in [-0.2, -0.15) is 0 Å². The van der Waals surface area contributed by atoms with Crippen LogP contribution in [-0.2, 0) is 4.74 Å². The van der Waals surface area contributed by atoms with Gasteiger partial charge in [-0.3, -0.25) is 0 Å². The Morgan fingerprint density at radius 1 is 0.955 bits per heavy atom. The van der Waals surface area contributed by atoms with Crippen molar-refractivity contribution in [2.75, 3.05) is 49.2 Å². The topological polar surface area (TPSA) is 28.6 Å². The summed E-state index contributed by atoms with van der Waals surface area (Å²) in [5, 5.41) is 1.90. The minimum atomic E-state index is 0.762. The van der Waals surface area contributed by atoms with Gasteiger partial charge in [0.1, 0.15) is 5.82 Å². The fourth-order valence-corrected chi connectivity index (χ4v) is 3.51. The molecule has 0 bridgehead atoms. The number of nitrogens with zero attached hydrogens (tertiary/aromatic N) is 3. The van der Waals surface area contributed by atoms with Gasteiger partial charge >= 0.3 is 0 Å². The van der Waals surface area contributed by atoms with Gasteiger partial charge in [0.05, 0.1) is 24.4 Å². The van der Waals surface area contributed by atoms with Gasteiger partial charge in [-0.25, -0.2) is 4.98 Å². The summed E-state index contributed by atoms with van der Waals surface area (Å²) >= 11 is 6.22. The van der Waals surface area contributed by atoms with Gasteiger partial charge in [0.15, 0.2) is 0 Å². The van der Waals surface area contributed by atoms with Gasteiger partial charge in [0.25, 0.3) is 0 Å². The predicted molar refractivity (Wildman–Crippen MR) is 91.2 cm³/mol. The highest BCUT2D eigenvalue weighted by Gasteiger charge is 2.20. The standard InChI is InChI=1S/C17H20ClN3O/c18-13-3-4-15-14(11-13)16(20-7-9-22-10-8-20)12-17(19-15)21-5-1-2-6-21/h3-4,11-12H,1-2,5-10H2. The molecule has 2 fully saturated rings. The summed E-state index contributed by atoms with van der Waals surface area (Å²) in [4.78, 5) is 9.64. The molecule has 1 aromatic heterocycles. The first-order valence-corrected chi connectivity index (χ1v) is 8.37. The minimum Gasteiger partial charge on any atom is -0.378 e. The number of hydrogen-bond donors (Lipinski definition) is 0. The van der Waals surface area contributed by atoms with E-state index in [1.165, 1.54) is 18.5 Å². The number of morpholine rings is 1. The van der Waals surface area contributed by atoms with E-state index >= 15 is 0 Å². The smallest absolute Gasteiger partial charge is 0.131 e.